The van der Waals surface area contributed by atoms with Gasteiger partial charge in [0.2, 0.25) is 0 Å². The first-order valence-electron chi connectivity index (χ1n) is 12.4. The molecule has 34 heavy (non-hydrogen) atoms. The van der Waals surface area contributed by atoms with Crippen molar-refractivity contribution in [3.8, 4) is 6.01 Å². The number of hydrogen-bond acceptors (Lipinski definition) is 8. The highest BCUT2D eigenvalue weighted by Crippen LogP contribution is 2.36. The molecule has 186 valence electrons. The summed E-state index contributed by atoms with van der Waals surface area (Å²) in [5.41, 5.74) is 4.01. The van der Waals surface area contributed by atoms with Gasteiger partial charge in [0.25, 0.3) is 0 Å². The van der Waals surface area contributed by atoms with Crippen LogP contribution in [-0.4, -0.2) is 55.5 Å². The molecule has 1 N–H and O–H groups in total. The molecule has 1 aliphatic heterocycles. The van der Waals surface area contributed by atoms with Gasteiger partial charge in [0.15, 0.2) is 0 Å². The van der Waals surface area contributed by atoms with Gasteiger partial charge < -0.3 is 24.4 Å². The number of aromatic nitrogens is 2. The van der Waals surface area contributed by atoms with Crippen LogP contribution in [0.2, 0.25) is 0 Å². The molecule has 3 rings (SSSR count). The first-order chi connectivity index (χ1) is 16.6. The average molecular weight is 471 g/mol. The number of carbonyl (C=O) groups excluding carboxylic acids is 1. The van der Waals surface area contributed by atoms with Crippen LogP contribution in [-0.2, 0) is 14.3 Å². The second kappa shape index (κ2) is 13.1. The predicted octanol–water partition coefficient (Wildman–Crippen LogP) is 5.07. The Morgan fingerprint density at radius 2 is 1.94 bits per heavy atom. The first-order valence-corrected chi connectivity index (χ1v) is 12.4. The van der Waals surface area contributed by atoms with Crippen molar-refractivity contribution in [3.63, 3.8) is 0 Å². The molecule has 8 nitrogen and oxygen atoms in total. The molecule has 1 aromatic carbocycles. The van der Waals surface area contributed by atoms with Gasteiger partial charge in [-0.25, -0.2) is 9.97 Å². The molecule has 0 aliphatic carbocycles. The standard InChI is InChI=1S/C26H38N4O4/c1-5-12-30(22-10-13-33-14-11-22)24-9-8-20(19(6-2)16-25(31)32-4)15-23(24)29-21-17-27-26(28-18-21)34-7-3/h8-9,15,17-19,22,29H,5-7,10-14,16H2,1-4H3. The van der Waals surface area contributed by atoms with Gasteiger partial charge in [0.1, 0.15) is 0 Å². The maximum atomic E-state index is 12.0. The number of nitrogens with zero attached hydrogens (tertiary/aromatic N) is 3. The molecule has 2 aromatic rings. The number of benzene rings is 1. The van der Waals surface area contributed by atoms with E-state index in [1.165, 1.54) is 7.11 Å². The summed E-state index contributed by atoms with van der Waals surface area (Å²) in [6.07, 6.45) is 7.73. The molecule has 0 saturated carbocycles. The Balaban J connectivity index is 1.97. The molecule has 1 saturated heterocycles. The van der Waals surface area contributed by atoms with Gasteiger partial charge in [-0.2, -0.15) is 0 Å². The fraction of sp³-hybridized carbons (Fsp3) is 0.577. The fourth-order valence-corrected chi connectivity index (χ4v) is 4.42. The Morgan fingerprint density at radius 3 is 2.56 bits per heavy atom. The molecule has 2 heterocycles. The van der Waals surface area contributed by atoms with Gasteiger partial charge >= 0.3 is 12.0 Å². The number of anilines is 3. The third-order valence-electron chi connectivity index (χ3n) is 6.21. The van der Waals surface area contributed by atoms with E-state index in [-0.39, 0.29) is 11.9 Å². The SMILES string of the molecule is CCCN(c1ccc(C(CC)CC(=O)OC)cc1Nc1cnc(OCC)nc1)C1CCOCC1. The van der Waals surface area contributed by atoms with E-state index in [9.17, 15) is 4.79 Å². The van der Waals surface area contributed by atoms with Crippen molar-refractivity contribution in [1.29, 1.82) is 0 Å². The van der Waals surface area contributed by atoms with E-state index in [1.54, 1.807) is 12.4 Å². The summed E-state index contributed by atoms with van der Waals surface area (Å²) in [5, 5.41) is 3.54. The molecule has 1 unspecified atom stereocenters. The molecule has 0 radical (unpaired) electrons. The quantitative estimate of drug-likeness (QED) is 0.430. The topological polar surface area (TPSA) is 85.8 Å². The summed E-state index contributed by atoms with van der Waals surface area (Å²) in [6.45, 7) is 9.26. The zero-order valence-corrected chi connectivity index (χ0v) is 20.9. The Hall–Kier alpha value is -2.87. The minimum absolute atomic E-state index is 0.0846. The summed E-state index contributed by atoms with van der Waals surface area (Å²) in [4.78, 5) is 23.1. The number of methoxy groups -OCH3 is 1. The van der Waals surface area contributed by atoms with Crippen molar-refractivity contribution in [2.75, 3.05) is 43.7 Å². The maximum absolute atomic E-state index is 12.0. The van der Waals surface area contributed by atoms with Crippen LogP contribution in [0, 0.1) is 0 Å². The minimum Gasteiger partial charge on any atom is -0.469 e. The molecular formula is C26H38N4O4. The van der Waals surface area contributed by atoms with Crippen LogP contribution in [0.25, 0.3) is 0 Å². The maximum Gasteiger partial charge on any atom is 0.316 e. The van der Waals surface area contributed by atoms with Gasteiger partial charge in [-0.1, -0.05) is 19.9 Å². The van der Waals surface area contributed by atoms with Crippen LogP contribution < -0.4 is 15.0 Å². The van der Waals surface area contributed by atoms with E-state index in [2.05, 4.69) is 52.2 Å². The number of rotatable bonds is 12. The normalized spacial score (nSPS) is 14.9. The van der Waals surface area contributed by atoms with Crippen LogP contribution in [0.3, 0.4) is 0 Å². The average Bonchev–Trinajstić information content (AvgIpc) is 2.87. The van der Waals surface area contributed by atoms with Crippen LogP contribution in [0.4, 0.5) is 17.1 Å². The van der Waals surface area contributed by atoms with Gasteiger partial charge in [-0.3, -0.25) is 4.79 Å². The molecule has 1 atom stereocenters. The number of esters is 1. The molecule has 1 fully saturated rings. The van der Waals surface area contributed by atoms with Crippen molar-refractivity contribution in [1.82, 2.24) is 9.97 Å². The summed E-state index contributed by atoms with van der Waals surface area (Å²) in [7, 11) is 1.44. The Morgan fingerprint density at radius 1 is 1.21 bits per heavy atom. The van der Waals surface area contributed by atoms with Crippen molar-refractivity contribution in [2.45, 2.75) is 64.8 Å². The van der Waals surface area contributed by atoms with Crippen LogP contribution in [0.5, 0.6) is 6.01 Å². The predicted molar refractivity (Wildman–Crippen MR) is 134 cm³/mol. The molecule has 0 bridgehead atoms. The zero-order valence-electron chi connectivity index (χ0n) is 20.9. The lowest BCUT2D eigenvalue weighted by atomic mass is 9.92. The van der Waals surface area contributed by atoms with Crippen molar-refractivity contribution in [3.05, 3.63) is 36.2 Å². The molecule has 1 aromatic heterocycles. The van der Waals surface area contributed by atoms with Crippen LogP contribution in [0.1, 0.15) is 64.4 Å². The highest BCUT2D eigenvalue weighted by molar-refractivity contribution is 5.77. The van der Waals surface area contributed by atoms with E-state index in [0.29, 0.717) is 25.1 Å². The molecule has 8 heteroatoms. The van der Waals surface area contributed by atoms with E-state index >= 15 is 0 Å². The molecule has 1 aliphatic rings. The van der Waals surface area contributed by atoms with E-state index < -0.39 is 0 Å². The monoisotopic (exact) mass is 470 g/mol. The van der Waals surface area contributed by atoms with E-state index in [4.69, 9.17) is 14.2 Å². The Kier molecular flexibility index (Phi) is 9.94. The van der Waals surface area contributed by atoms with Crippen molar-refractivity contribution < 1.29 is 19.0 Å². The molecule has 0 amide bonds. The minimum atomic E-state index is -0.194. The van der Waals surface area contributed by atoms with E-state index in [0.717, 1.165) is 68.1 Å². The lowest BCUT2D eigenvalue weighted by Crippen LogP contribution is -2.40. The van der Waals surface area contributed by atoms with Gasteiger partial charge in [-0.15, -0.1) is 0 Å². The summed E-state index contributed by atoms with van der Waals surface area (Å²) < 4.78 is 15.9. The summed E-state index contributed by atoms with van der Waals surface area (Å²) in [6, 6.07) is 7.27. The van der Waals surface area contributed by atoms with Crippen molar-refractivity contribution in [2.24, 2.45) is 0 Å². The van der Waals surface area contributed by atoms with Crippen LogP contribution >= 0.6 is 0 Å². The highest BCUT2D eigenvalue weighted by atomic mass is 16.5. The lowest BCUT2D eigenvalue weighted by molar-refractivity contribution is -0.141. The molecule has 0 spiro atoms. The third kappa shape index (κ3) is 6.82. The molecular weight excluding hydrogens is 432 g/mol. The first kappa shape index (κ1) is 25.7. The van der Waals surface area contributed by atoms with Gasteiger partial charge in [0.05, 0.1) is 49.6 Å². The Bertz CT molecular complexity index is 900. The van der Waals surface area contributed by atoms with Gasteiger partial charge in [-0.05, 0) is 56.2 Å². The van der Waals surface area contributed by atoms with Crippen molar-refractivity contribution >= 4 is 23.0 Å². The van der Waals surface area contributed by atoms with Gasteiger partial charge in [0, 0.05) is 25.8 Å². The number of hydrogen-bond donors (Lipinski definition) is 1. The summed E-state index contributed by atoms with van der Waals surface area (Å²) in [5.74, 6) is -0.110. The fourth-order valence-electron chi connectivity index (χ4n) is 4.42. The smallest absolute Gasteiger partial charge is 0.316 e. The number of carbonyl (C=O) groups is 1. The number of ether oxygens (including phenoxy) is 3. The third-order valence-corrected chi connectivity index (χ3v) is 6.21. The van der Waals surface area contributed by atoms with Crippen LogP contribution in [0.15, 0.2) is 30.6 Å². The number of nitrogens with one attached hydrogen (secondary N) is 1. The second-order valence-electron chi connectivity index (χ2n) is 8.51. The Labute approximate surface area is 203 Å². The van der Waals surface area contributed by atoms with E-state index in [1.807, 2.05) is 6.92 Å². The summed E-state index contributed by atoms with van der Waals surface area (Å²) >= 11 is 0. The largest absolute Gasteiger partial charge is 0.469 e. The highest BCUT2D eigenvalue weighted by Gasteiger charge is 2.25. The lowest BCUT2D eigenvalue weighted by Gasteiger charge is -2.37. The zero-order chi connectivity index (χ0) is 24.3. The second-order valence-corrected chi connectivity index (χ2v) is 8.51.